The van der Waals surface area contributed by atoms with Crippen LogP contribution in [0.5, 0.6) is 5.75 Å². The summed E-state index contributed by atoms with van der Waals surface area (Å²) in [6.45, 7) is 0. The van der Waals surface area contributed by atoms with E-state index in [1.807, 2.05) is 36.5 Å². The molecule has 2 aromatic carbocycles. The van der Waals surface area contributed by atoms with Crippen molar-refractivity contribution in [2.75, 3.05) is 0 Å². The van der Waals surface area contributed by atoms with Gasteiger partial charge in [-0.05, 0) is 29.3 Å². The molecule has 0 unspecified atom stereocenters. The van der Waals surface area contributed by atoms with E-state index in [0.29, 0.717) is 0 Å². The SMILES string of the molecule is Oc1ccc(-c2cccc3ncncc23)cc1. The number of aromatic hydroxyl groups is 1. The Morgan fingerprint density at radius 3 is 2.59 bits per heavy atom. The summed E-state index contributed by atoms with van der Waals surface area (Å²) in [4.78, 5) is 8.28. The Morgan fingerprint density at radius 1 is 0.941 bits per heavy atom. The average Bonchev–Trinajstić information content (AvgIpc) is 2.39. The summed E-state index contributed by atoms with van der Waals surface area (Å²) in [5.41, 5.74) is 3.04. The molecule has 3 heteroatoms. The Morgan fingerprint density at radius 2 is 1.76 bits per heavy atom. The van der Waals surface area contributed by atoms with Crippen LogP contribution in [0.2, 0.25) is 0 Å². The summed E-state index contributed by atoms with van der Waals surface area (Å²) >= 11 is 0. The van der Waals surface area contributed by atoms with Gasteiger partial charge in [-0.3, -0.25) is 0 Å². The van der Waals surface area contributed by atoms with Crippen LogP contribution in [-0.2, 0) is 0 Å². The second kappa shape index (κ2) is 3.87. The van der Waals surface area contributed by atoms with Crippen LogP contribution >= 0.6 is 0 Å². The van der Waals surface area contributed by atoms with Crippen molar-refractivity contribution in [3.05, 3.63) is 55.0 Å². The summed E-state index contributed by atoms with van der Waals surface area (Å²) in [7, 11) is 0. The van der Waals surface area contributed by atoms with Gasteiger partial charge in [-0.2, -0.15) is 0 Å². The Kier molecular flexibility index (Phi) is 2.22. The lowest BCUT2D eigenvalue weighted by molar-refractivity contribution is 0.475. The molecule has 0 amide bonds. The van der Waals surface area contributed by atoms with Crippen molar-refractivity contribution in [3.63, 3.8) is 0 Å². The normalized spacial score (nSPS) is 10.6. The van der Waals surface area contributed by atoms with E-state index in [1.54, 1.807) is 18.5 Å². The van der Waals surface area contributed by atoms with E-state index in [9.17, 15) is 5.11 Å². The van der Waals surface area contributed by atoms with E-state index in [4.69, 9.17) is 0 Å². The van der Waals surface area contributed by atoms with Crippen LogP contribution in [0.1, 0.15) is 0 Å². The summed E-state index contributed by atoms with van der Waals surface area (Å²) < 4.78 is 0. The number of benzene rings is 2. The Balaban J connectivity index is 2.27. The van der Waals surface area contributed by atoms with Crippen molar-refractivity contribution in [1.29, 1.82) is 0 Å². The maximum atomic E-state index is 9.29. The molecule has 0 saturated carbocycles. The topological polar surface area (TPSA) is 46.0 Å². The predicted octanol–water partition coefficient (Wildman–Crippen LogP) is 3.00. The molecular formula is C14H10N2O. The Hall–Kier alpha value is -2.42. The fourth-order valence-electron chi connectivity index (χ4n) is 1.90. The highest BCUT2D eigenvalue weighted by Crippen LogP contribution is 2.27. The molecule has 0 aliphatic rings. The third-order valence-electron chi connectivity index (χ3n) is 2.73. The molecule has 0 spiro atoms. The van der Waals surface area contributed by atoms with Gasteiger partial charge in [-0.1, -0.05) is 24.3 Å². The van der Waals surface area contributed by atoms with Crippen LogP contribution in [0.3, 0.4) is 0 Å². The van der Waals surface area contributed by atoms with Crippen molar-refractivity contribution >= 4 is 10.9 Å². The van der Waals surface area contributed by atoms with Crippen molar-refractivity contribution in [1.82, 2.24) is 9.97 Å². The van der Waals surface area contributed by atoms with Gasteiger partial charge in [0.2, 0.25) is 0 Å². The van der Waals surface area contributed by atoms with Gasteiger partial charge >= 0.3 is 0 Å². The van der Waals surface area contributed by atoms with Crippen LogP contribution in [0, 0.1) is 0 Å². The number of fused-ring (bicyclic) bond motifs is 1. The molecule has 0 bridgehead atoms. The third kappa shape index (κ3) is 1.72. The number of nitrogens with zero attached hydrogens (tertiary/aromatic N) is 2. The molecule has 3 rings (SSSR count). The molecular weight excluding hydrogens is 212 g/mol. The second-order valence-corrected chi connectivity index (χ2v) is 3.81. The summed E-state index contributed by atoms with van der Waals surface area (Å²) in [6, 6.07) is 13.1. The van der Waals surface area contributed by atoms with Crippen molar-refractivity contribution < 1.29 is 5.11 Å². The zero-order valence-electron chi connectivity index (χ0n) is 9.04. The van der Waals surface area contributed by atoms with E-state index in [2.05, 4.69) is 9.97 Å². The third-order valence-corrected chi connectivity index (χ3v) is 2.73. The molecule has 1 N–H and O–H groups in total. The number of rotatable bonds is 1. The monoisotopic (exact) mass is 222 g/mol. The number of phenols is 1. The molecule has 0 atom stereocenters. The highest BCUT2D eigenvalue weighted by molar-refractivity contribution is 5.93. The van der Waals surface area contributed by atoms with E-state index >= 15 is 0 Å². The van der Waals surface area contributed by atoms with Gasteiger partial charge in [0, 0.05) is 11.6 Å². The maximum absolute atomic E-state index is 9.29. The zero-order valence-corrected chi connectivity index (χ0v) is 9.04. The first-order valence-electron chi connectivity index (χ1n) is 5.33. The predicted molar refractivity (Wildman–Crippen MR) is 66.6 cm³/mol. The Bertz CT molecular complexity index is 657. The molecule has 0 aliphatic carbocycles. The lowest BCUT2D eigenvalue weighted by Gasteiger charge is -2.05. The molecule has 0 saturated heterocycles. The summed E-state index contributed by atoms with van der Waals surface area (Å²) in [6.07, 6.45) is 3.35. The first-order valence-corrected chi connectivity index (χ1v) is 5.33. The minimum absolute atomic E-state index is 0.269. The number of hydrogen-bond donors (Lipinski definition) is 1. The fourth-order valence-corrected chi connectivity index (χ4v) is 1.90. The molecule has 0 fully saturated rings. The van der Waals surface area contributed by atoms with Gasteiger partial charge in [-0.25, -0.2) is 9.97 Å². The quantitative estimate of drug-likeness (QED) is 0.688. The molecule has 0 aliphatic heterocycles. The number of hydrogen-bond acceptors (Lipinski definition) is 3. The molecule has 1 aromatic heterocycles. The van der Waals surface area contributed by atoms with E-state index in [-0.39, 0.29) is 5.75 Å². The minimum atomic E-state index is 0.269. The van der Waals surface area contributed by atoms with Crippen LogP contribution in [-0.4, -0.2) is 15.1 Å². The fraction of sp³-hybridized carbons (Fsp3) is 0. The first kappa shape index (κ1) is 9.78. The van der Waals surface area contributed by atoms with Crippen molar-refractivity contribution in [3.8, 4) is 16.9 Å². The summed E-state index contributed by atoms with van der Waals surface area (Å²) in [5.74, 6) is 0.269. The van der Waals surface area contributed by atoms with Gasteiger partial charge in [-0.15, -0.1) is 0 Å². The van der Waals surface area contributed by atoms with Crippen LogP contribution in [0.15, 0.2) is 55.0 Å². The van der Waals surface area contributed by atoms with Crippen molar-refractivity contribution in [2.24, 2.45) is 0 Å². The van der Waals surface area contributed by atoms with Gasteiger partial charge in [0.15, 0.2) is 0 Å². The molecule has 17 heavy (non-hydrogen) atoms. The smallest absolute Gasteiger partial charge is 0.116 e. The number of aromatic nitrogens is 2. The Labute approximate surface area is 98.4 Å². The highest BCUT2D eigenvalue weighted by atomic mass is 16.3. The molecule has 3 nitrogen and oxygen atoms in total. The molecule has 82 valence electrons. The summed E-state index contributed by atoms with van der Waals surface area (Å²) in [5, 5.41) is 10.3. The number of phenolic OH excluding ortho intramolecular Hbond substituents is 1. The van der Waals surface area contributed by atoms with E-state index in [0.717, 1.165) is 22.0 Å². The zero-order chi connectivity index (χ0) is 11.7. The van der Waals surface area contributed by atoms with Gasteiger partial charge < -0.3 is 5.11 Å². The van der Waals surface area contributed by atoms with Gasteiger partial charge in [0.25, 0.3) is 0 Å². The van der Waals surface area contributed by atoms with Gasteiger partial charge in [0.1, 0.15) is 12.1 Å². The van der Waals surface area contributed by atoms with E-state index < -0.39 is 0 Å². The van der Waals surface area contributed by atoms with Gasteiger partial charge in [0.05, 0.1) is 5.52 Å². The molecule has 0 radical (unpaired) electrons. The van der Waals surface area contributed by atoms with Crippen LogP contribution in [0.25, 0.3) is 22.0 Å². The second-order valence-electron chi connectivity index (χ2n) is 3.81. The largest absolute Gasteiger partial charge is 0.508 e. The van der Waals surface area contributed by atoms with Crippen molar-refractivity contribution in [2.45, 2.75) is 0 Å². The highest BCUT2D eigenvalue weighted by Gasteiger charge is 2.03. The standard InChI is InChI=1S/C14H10N2O/c17-11-6-4-10(5-7-11)12-2-1-3-14-13(12)8-15-9-16-14/h1-9,17H. The minimum Gasteiger partial charge on any atom is -0.508 e. The average molecular weight is 222 g/mol. The lowest BCUT2D eigenvalue weighted by Crippen LogP contribution is -1.85. The maximum Gasteiger partial charge on any atom is 0.116 e. The molecule has 1 heterocycles. The molecule has 3 aromatic rings. The van der Waals surface area contributed by atoms with Crippen LogP contribution < -0.4 is 0 Å². The first-order chi connectivity index (χ1) is 8.34. The van der Waals surface area contributed by atoms with Crippen LogP contribution in [0.4, 0.5) is 0 Å². The van der Waals surface area contributed by atoms with E-state index in [1.165, 1.54) is 0 Å². The lowest BCUT2D eigenvalue weighted by atomic mass is 10.0.